The first-order valence-corrected chi connectivity index (χ1v) is 11.4. The van der Waals surface area contributed by atoms with E-state index in [0.717, 1.165) is 11.4 Å². The fraction of sp³-hybridized carbons (Fsp3) is 0.261. The summed E-state index contributed by atoms with van der Waals surface area (Å²) < 4.78 is 17.6. The lowest BCUT2D eigenvalue weighted by Gasteiger charge is -2.14. The fourth-order valence-corrected chi connectivity index (χ4v) is 4.63. The molecule has 0 N–H and O–H groups in total. The Balaban J connectivity index is 1.61. The van der Waals surface area contributed by atoms with Crippen molar-refractivity contribution in [2.75, 3.05) is 0 Å². The third-order valence-electron chi connectivity index (χ3n) is 5.19. The van der Waals surface area contributed by atoms with Crippen LogP contribution in [0, 0.1) is 19.7 Å². The molecule has 0 aliphatic heterocycles. The van der Waals surface area contributed by atoms with E-state index in [1.165, 1.54) is 17.8 Å². The van der Waals surface area contributed by atoms with Gasteiger partial charge in [0.05, 0.1) is 27.3 Å². The van der Waals surface area contributed by atoms with E-state index >= 15 is 0 Å². The Labute approximate surface area is 188 Å². The Morgan fingerprint density at radius 3 is 2.55 bits per heavy atom. The van der Waals surface area contributed by atoms with Crippen molar-refractivity contribution in [1.82, 2.24) is 19.3 Å². The van der Waals surface area contributed by atoms with E-state index in [-0.39, 0.29) is 11.4 Å². The molecule has 0 saturated carbocycles. The number of hydrogen-bond acceptors (Lipinski definition) is 4. The van der Waals surface area contributed by atoms with Gasteiger partial charge in [-0.05, 0) is 44.0 Å². The van der Waals surface area contributed by atoms with Gasteiger partial charge in [-0.15, -0.1) is 0 Å². The fourth-order valence-electron chi connectivity index (χ4n) is 3.48. The lowest BCUT2D eigenvalue weighted by atomic mass is 10.2. The van der Waals surface area contributed by atoms with Crippen molar-refractivity contribution in [2.45, 2.75) is 44.3 Å². The summed E-state index contributed by atoms with van der Waals surface area (Å²) in [4.78, 5) is 17.9. The number of hydrogen-bond donors (Lipinski definition) is 0. The van der Waals surface area contributed by atoms with Crippen LogP contribution >= 0.6 is 23.4 Å². The zero-order valence-corrected chi connectivity index (χ0v) is 18.9. The van der Waals surface area contributed by atoms with E-state index in [2.05, 4.69) is 5.10 Å². The van der Waals surface area contributed by atoms with E-state index in [4.69, 9.17) is 16.6 Å². The van der Waals surface area contributed by atoms with Gasteiger partial charge in [0.2, 0.25) is 0 Å². The van der Waals surface area contributed by atoms with Gasteiger partial charge in [0.15, 0.2) is 5.16 Å². The summed E-state index contributed by atoms with van der Waals surface area (Å²) in [6.07, 6.45) is 0.686. The largest absolute Gasteiger partial charge is 0.287 e. The maximum atomic E-state index is 14.1. The normalized spacial score (nSPS) is 11.4. The molecule has 2 heterocycles. The molecule has 31 heavy (non-hydrogen) atoms. The monoisotopic (exact) mass is 456 g/mol. The third-order valence-corrected chi connectivity index (χ3v) is 6.76. The molecule has 0 bridgehead atoms. The summed E-state index contributed by atoms with van der Waals surface area (Å²) in [6, 6.07) is 14.0. The summed E-state index contributed by atoms with van der Waals surface area (Å²) in [5.74, 6) is 0.135. The molecule has 2 aromatic heterocycles. The van der Waals surface area contributed by atoms with Crippen molar-refractivity contribution in [3.05, 3.63) is 86.7 Å². The van der Waals surface area contributed by atoms with E-state index < -0.39 is 0 Å². The van der Waals surface area contributed by atoms with Crippen LogP contribution in [0.2, 0.25) is 5.02 Å². The maximum absolute atomic E-state index is 14.1. The number of thioether (sulfide) groups is 1. The third kappa shape index (κ3) is 4.52. The number of fused-ring (bicyclic) bond motifs is 1. The Morgan fingerprint density at radius 1 is 1.06 bits per heavy atom. The molecule has 0 spiro atoms. The van der Waals surface area contributed by atoms with Crippen molar-refractivity contribution in [3.8, 4) is 0 Å². The first kappa shape index (κ1) is 21.6. The van der Waals surface area contributed by atoms with Gasteiger partial charge in [-0.3, -0.25) is 14.0 Å². The summed E-state index contributed by atoms with van der Waals surface area (Å²) in [7, 11) is 0. The van der Waals surface area contributed by atoms with Crippen molar-refractivity contribution in [1.29, 1.82) is 0 Å². The van der Waals surface area contributed by atoms with Crippen molar-refractivity contribution >= 4 is 34.3 Å². The minimum absolute atomic E-state index is 0.0898. The second kappa shape index (κ2) is 9.24. The number of benzene rings is 2. The van der Waals surface area contributed by atoms with Crippen LogP contribution < -0.4 is 5.56 Å². The molecule has 8 heteroatoms. The summed E-state index contributed by atoms with van der Waals surface area (Å²) in [5.41, 5.74) is 2.85. The van der Waals surface area contributed by atoms with E-state index in [1.54, 1.807) is 28.8 Å². The lowest BCUT2D eigenvalue weighted by Crippen LogP contribution is -2.24. The standard InChI is InChI=1S/C23H22ClFN4OS/c1-15-21(24)16(2)29(27-15)13-7-12-28-22(30)18-9-4-6-11-20(18)26-23(28)31-14-17-8-3-5-10-19(17)25/h3-6,8-11H,7,12-14H2,1-2H3. The highest BCUT2D eigenvalue weighted by Gasteiger charge is 2.14. The SMILES string of the molecule is Cc1nn(CCCn2c(SCc3ccccc3F)nc3ccccc3c2=O)c(C)c1Cl. The molecule has 0 aliphatic carbocycles. The molecule has 0 atom stereocenters. The molecule has 2 aromatic carbocycles. The molecule has 160 valence electrons. The van der Waals surface area contributed by atoms with Gasteiger partial charge in [0, 0.05) is 18.8 Å². The van der Waals surface area contributed by atoms with Gasteiger partial charge >= 0.3 is 0 Å². The molecular formula is C23H22ClFN4OS. The summed E-state index contributed by atoms with van der Waals surface area (Å²) in [5, 5.41) is 6.29. The maximum Gasteiger partial charge on any atom is 0.262 e. The van der Waals surface area contributed by atoms with Crippen LogP contribution in [-0.4, -0.2) is 19.3 Å². The number of rotatable bonds is 7. The molecular weight excluding hydrogens is 435 g/mol. The summed E-state index contributed by atoms with van der Waals surface area (Å²) in [6.45, 7) is 4.92. The Bertz CT molecular complexity index is 1300. The van der Waals surface area contributed by atoms with Gasteiger partial charge in [-0.25, -0.2) is 9.37 Å². The predicted octanol–water partition coefficient (Wildman–Crippen LogP) is 5.38. The molecule has 0 radical (unpaired) electrons. The van der Waals surface area contributed by atoms with Crippen LogP contribution in [0.3, 0.4) is 0 Å². The number of nitrogens with zero attached hydrogens (tertiary/aromatic N) is 4. The van der Waals surface area contributed by atoms with Crippen molar-refractivity contribution < 1.29 is 4.39 Å². The zero-order valence-electron chi connectivity index (χ0n) is 17.3. The topological polar surface area (TPSA) is 52.7 Å². The van der Waals surface area contributed by atoms with Crippen LogP contribution in [0.1, 0.15) is 23.4 Å². The molecule has 0 fully saturated rings. The second-order valence-electron chi connectivity index (χ2n) is 7.31. The van der Waals surface area contributed by atoms with Gasteiger partial charge in [-0.1, -0.05) is 53.7 Å². The molecule has 0 amide bonds. The smallest absolute Gasteiger partial charge is 0.262 e. The van der Waals surface area contributed by atoms with Crippen LogP contribution in [0.25, 0.3) is 10.9 Å². The Hall–Kier alpha value is -2.64. The number of aryl methyl sites for hydroxylation is 2. The minimum atomic E-state index is -0.258. The highest BCUT2D eigenvalue weighted by atomic mass is 35.5. The molecule has 0 aliphatic rings. The quantitative estimate of drug-likeness (QED) is 0.276. The average Bonchev–Trinajstić information content (AvgIpc) is 3.01. The Morgan fingerprint density at radius 2 is 1.81 bits per heavy atom. The van der Waals surface area contributed by atoms with Gasteiger partial charge in [-0.2, -0.15) is 5.10 Å². The predicted molar refractivity (Wildman–Crippen MR) is 123 cm³/mol. The second-order valence-corrected chi connectivity index (χ2v) is 8.63. The molecule has 4 aromatic rings. The average molecular weight is 457 g/mol. The van der Waals surface area contributed by atoms with Gasteiger partial charge < -0.3 is 0 Å². The van der Waals surface area contributed by atoms with Gasteiger partial charge in [0.1, 0.15) is 5.82 Å². The highest BCUT2D eigenvalue weighted by molar-refractivity contribution is 7.98. The zero-order chi connectivity index (χ0) is 22.0. The van der Waals surface area contributed by atoms with Crippen molar-refractivity contribution in [3.63, 3.8) is 0 Å². The van der Waals surface area contributed by atoms with Crippen LogP contribution in [0.4, 0.5) is 4.39 Å². The number of para-hydroxylation sites is 1. The Kier molecular flexibility index (Phi) is 6.43. The number of aromatic nitrogens is 4. The molecule has 4 rings (SSSR count). The highest BCUT2D eigenvalue weighted by Crippen LogP contribution is 2.24. The number of halogens is 2. The molecule has 0 unspecified atom stereocenters. The minimum Gasteiger partial charge on any atom is -0.287 e. The van der Waals surface area contributed by atoms with E-state index in [1.807, 2.05) is 36.7 Å². The van der Waals surface area contributed by atoms with E-state index in [0.29, 0.717) is 51.9 Å². The summed E-state index contributed by atoms with van der Waals surface area (Å²) >= 11 is 7.61. The van der Waals surface area contributed by atoms with Gasteiger partial charge in [0.25, 0.3) is 5.56 Å². The van der Waals surface area contributed by atoms with Crippen molar-refractivity contribution in [2.24, 2.45) is 0 Å². The van der Waals surface area contributed by atoms with Crippen LogP contribution in [0.15, 0.2) is 58.5 Å². The van der Waals surface area contributed by atoms with E-state index in [9.17, 15) is 9.18 Å². The first-order chi connectivity index (χ1) is 15.0. The lowest BCUT2D eigenvalue weighted by molar-refractivity contribution is 0.487. The van der Waals surface area contributed by atoms with Crippen LogP contribution in [-0.2, 0) is 18.8 Å². The first-order valence-electron chi connectivity index (χ1n) is 10.0. The van der Waals surface area contributed by atoms with Crippen LogP contribution in [0.5, 0.6) is 0 Å². The molecule has 5 nitrogen and oxygen atoms in total. The molecule has 0 saturated heterocycles.